The number of hydrogen-bond acceptors (Lipinski definition) is 2. The van der Waals surface area contributed by atoms with E-state index in [0.717, 1.165) is 31.6 Å². The molecule has 96 valence electrons. The molecule has 0 aliphatic carbocycles. The van der Waals surface area contributed by atoms with Crippen molar-refractivity contribution < 1.29 is 4.79 Å². The average Bonchev–Trinajstić information content (AvgIpc) is 2.92. The molecule has 0 unspecified atom stereocenters. The maximum Gasteiger partial charge on any atom is 0.251 e. The summed E-state index contributed by atoms with van der Waals surface area (Å²) < 4.78 is 0. The summed E-state index contributed by atoms with van der Waals surface area (Å²) in [6, 6.07) is 7.17. The van der Waals surface area contributed by atoms with E-state index >= 15 is 0 Å². The SMILES string of the molecule is CNC(=O)c1cccc(NC(=N)N2CCCC2)c1. The van der Waals surface area contributed by atoms with Gasteiger partial charge < -0.3 is 15.5 Å². The van der Waals surface area contributed by atoms with E-state index in [4.69, 9.17) is 5.41 Å². The number of likely N-dealkylation sites (tertiary alicyclic amines) is 1. The van der Waals surface area contributed by atoms with Crippen LogP contribution in [0, 0.1) is 5.41 Å². The Morgan fingerprint density at radius 3 is 2.72 bits per heavy atom. The molecule has 0 aromatic heterocycles. The van der Waals surface area contributed by atoms with Crippen molar-refractivity contribution in [1.29, 1.82) is 5.41 Å². The summed E-state index contributed by atoms with van der Waals surface area (Å²) in [4.78, 5) is 13.5. The van der Waals surface area contributed by atoms with E-state index < -0.39 is 0 Å². The first-order chi connectivity index (χ1) is 8.70. The van der Waals surface area contributed by atoms with Gasteiger partial charge >= 0.3 is 0 Å². The van der Waals surface area contributed by atoms with Gasteiger partial charge in [0, 0.05) is 31.4 Å². The van der Waals surface area contributed by atoms with Crippen LogP contribution in [0.1, 0.15) is 23.2 Å². The van der Waals surface area contributed by atoms with Gasteiger partial charge in [0.2, 0.25) is 0 Å². The summed E-state index contributed by atoms with van der Waals surface area (Å²) in [6.45, 7) is 1.86. The number of guanidine groups is 1. The molecule has 1 aromatic rings. The highest BCUT2D eigenvalue weighted by Crippen LogP contribution is 2.13. The molecule has 1 aliphatic heterocycles. The fraction of sp³-hybridized carbons (Fsp3) is 0.385. The van der Waals surface area contributed by atoms with Crippen molar-refractivity contribution in [3.8, 4) is 0 Å². The lowest BCUT2D eigenvalue weighted by Crippen LogP contribution is -2.33. The number of carbonyl (C=O) groups excluding carboxylic acids is 1. The van der Waals surface area contributed by atoms with Gasteiger partial charge in [0.1, 0.15) is 0 Å². The lowest BCUT2D eigenvalue weighted by molar-refractivity contribution is 0.0963. The smallest absolute Gasteiger partial charge is 0.251 e. The van der Waals surface area contributed by atoms with E-state index in [2.05, 4.69) is 10.6 Å². The van der Waals surface area contributed by atoms with Crippen LogP contribution in [-0.4, -0.2) is 36.9 Å². The maximum absolute atomic E-state index is 11.5. The minimum Gasteiger partial charge on any atom is -0.355 e. The van der Waals surface area contributed by atoms with Crippen LogP contribution in [0.4, 0.5) is 5.69 Å². The quantitative estimate of drug-likeness (QED) is 0.547. The third kappa shape index (κ3) is 2.80. The predicted molar refractivity (Wildman–Crippen MR) is 72.0 cm³/mol. The molecule has 0 spiro atoms. The molecule has 1 heterocycles. The van der Waals surface area contributed by atoms with E-state index in [1.54, 1.807) is 19.2 Å². The average molecular weight is 246 g/mol. The van der Waals surface area contributed by atoms with Gasteiger partial charge in [-0.05, 0) is 31.0 Å². The van der Waals surface area contributed by atoms with E-state index in [1.165, 1.54) is 0 Å². The second kappa shape index (κ2) is 5.53. The third-order valence-electron chi connectivity index (χ3n) is 3.04. The molecule has 1 saturated heterocycles. The highest BCUT2D eigenvalue weighted by atomic mass is 16.1. The molecule has 5 nitrogen and oxygen atoms in total. The topological polar surface area (TPSA) is 68.2 Å². The minimum absolute atomic E-state index is 0.119. The van der Waals surface area contributed by atoms with Gasteiger partial charge in [0.25, 0.3) is 5.91 Å². The van der Waals surface area contributed by atoms with Crippen LogP contribution in [0.15, 0.2) is 24.3 Å². The standard InChI is InChI=1S/C13H18N4O/c1-15-12(18)10-5-4-6-11(9-10)16-13(14)17-7-2-3-8-17/h4-6,9H,2-3,7-8H2,1H3,(H2,14,16)(H,15,18). The molecular formula is C13H18N4O. The number of benzene rings is 1. The molecule has 0 saturated carbocycles. The zero-order valence-corrected chi connectivity index (χ0v) is 10.5. The van der Waals surface area contributed by atoms with Crippen molar-refractivity contribution in [2.45, 2.75) is 12.8 Å². The van der Waals surface area contributed by atoms with Crippen LogP contribution in [-0.2, 0) is 0 Å². The molecule has 1 fully saturated rings. The Morgan fingerprint density at radius 2 is 2.06 bits per heavy atom. The van der Waals surface area contributed by atoms with E-state index in [9.17, 15) is 4.79 Å². The number of nitrogens with one attached hydrogen (secondary N) is 3. The summed E-state index contributed by atoms with van der Waals surface area (Å²) in [6.07, 6.45) is 2.28. The zero-order chi connectivity index (χ0) is 13.0. The summed E-state index contributed by atoms with van der Waals surface area (Å²) in [7, 11) is 1.61. The number of hydrogen-bond donors (Lipinski definition) is 3. The van der Waals surface area contributed by atoms with Crippen LogP contribution in [0.5, 0.6) is 0 Å². The minimum atomic E-state index is -0.119. The molecule has 18 heavy (non-hydrogen) atoms. The molecule has 2 rings (SSSR count). The van der Waals surface area contributed by atoms with Crippen LogP contribution >= 0.6 is 0 Å². The van der Waals surface area contributed by atoms with Crippen molar-refractivity contribution in [3.05, 3.63) is 29.8 Å². The van der Waals surface area contributed by atoms with Crippen LogP contribution in [0.2, 0.25) is 0 Å². The van der Waals surface area contributed by atoms with Crippen molar-refractivity contribution in [2.75, 3.05) is 25.5 Å². The molecule has 0 radical (unpaired) electrons. The number of rotatable bonds is 2. The van der Waals surface area contributed by atoms with Crippen LogP contribution in [0.25, 0.3) is 0 Å². The highest BCUT2D eigenvalue weighted by Gasteiger charge is 2.15. The Hall–Kier alpha value is -2.04. The molecule has 1 amide bonds. The fourth-order valence-electron chi connectivity index (χ4n) is 2.04. The number of nitrogens with zero attached hydrogens (tertiary/aromatic N) is 1. The van der Waals surface area contributed by atoms with Gasteiger partial charge in [-0.2, -0.15) is 0 Å². The summed E-state index contributed by atoms with van der Waals surface area (Å²) in [5.41, 5.74) is 1.37. The molecule has 0 bridgehead atoms. The van der Waals surface area contributed by atoms with Gasteiger partial charge in [-0.15, -0.1) is 0 Å². The van der Waals surface area contributed by atoms with Crippen molar-refractivity contribution in [2.24, 2.45) is 0 Å². The fourth-order valence-corrected chi connectivity index (χ4v) is 2.04. The first-order valence-corrected chi connectivity index (χ1v) is 6.13. The third-order valence-corrected chi connectivity index (χ3v) is 3.04. The van der Waals surface area contributed by atoms with Gasteiger partial charge in [-0.1, -0.05) is 6.07 Å². The summed E-state index contributed by atoms with van der Waals surface area (Å²) >= 11 is 0. The Morgan fingerprint density at radius 1 is 1.33 bits per heavy atom. The molecule has 0 atom stereocenters. The number of amides is 1. The van der Waals surface area contributed by atoms with Crippen LogP contribution < -0.4 is 10.6 Å². The lowest BCUT2D eigenvalue weighted by atomic mass is 10.2. The van der Waals surface area contributed by atoms with E-state index in [0.29, 0.717) is 11.5 Å². The molecule has 1 aliphatic rings. The predicted octanol–water partition coefficient (Wildman–Crippen LogP) is 1.49. The molecule has 5 heteroatoms. The van der Waals surface area contributed by atoms with E-state index in [-0.39, 0.29) is 5.91 Å². The van der Waals surface area contributed by atoms with Gasteiger partial charge in [0.05, 0.1) is 0 Å². The molecule has 1 aromatic carbocycles. The largest absolute Gasteiger partial charge is 0.355 e. The van der Waals surface area contributed by atoms with Gasteiger partial charge in [-0.3, -0.25) is 10.2 Å². The Balaban J connectivity index is 2.04. The van der Waals surface area contributed by atoms with Crippen molar-refractivity contribution >= 4 is 17.6 Å². The first-order valence-electron chi connectivity index (χ1n) is 6.13. The van der Waals surface area contributed by atoms with Crippen molar-refractivity contribution in [1.82, 2.24) is 10.2 Å². The van der Waals surface area contributed by atoms with Gasteiger partial charge in [0.15, 0.2) is 5.96 Å². The molecular weight excluding hydrogens is 228 g/mol. The highest BCUT2D eigenvalue weighted by molar-refractivity contribution is 5.97. The lowest BCUT2D eigenvalue weighted by Gasteiger charge is -2.19. The number of anilines is 1. The second-order valence-corrected chi connectivity index (χ2v) is 4.33. The van der Waals surface area contributed by atoms with Gasteiger partial charge in [-0.25, -0.2) is 0 Å². The zero-order valence-electron chi connectivity index (χ0n) is 10.5. The summed E-state index contributed by atoms with van der Waals surface area (Å²) in [5.74, 6) is 0.285. The molecule has 3 N–H and O–H groups in total. The Kier molecular flexibility index (Phi) is 3.82. The van der Waals surface area contributed by atoms with E-state index in [1.807, 2.05) is 17.0 Å². The second-order valence-electron chi connectivity index (χ2n) is 4.33. The Bertz CT molecular complexity index is 452. The first kappa shape index (κ1) is 12.4. The van der Waals surface area contributed by atoms with Crippen LogP contribution in [0.3, 0.4) is 0 Å². The monoisotopic (exact) mass is 246 g/mol. The normalized spacial score (nSPS) is 14.4. The summed E-state index contributed by atoms with van der Waals surface area (Å²) in [5, 5.41) is 13.6. The Labute approximate surface area is 107 Å². The maximum atomic E-state index is 11.5. The van der Waals surface area contributed by atoms with Crippen molar-refractivity contribution in [3.63, 3.8) is 0 Å². The number of carbonyl (C=O) groups is 1.